The van der Waals surface area contributed by atoms with Gasteiger partial charge in [-0.15, -0.1) is 0 Å². The molecule has 0 bridgehead atoms. The molecule has 0 aliphatic heterocycles. The van der Waals surface area contributed by atoms with Crippen LogP contribution in [0.2, 0.25) is 0 Å². The number of rotatable bonds is 3. The number of methoxy groups -OCH3 is 1. The molecule has 0 unspecified atom stereocenters. The Hall–Kier alpha value is -2.75. The minimum atomic E-state index is -0.926. The highest BCUT2D eigenvalue weighted by molar-refractivity contribution is 6.04. The van der Waals surface area contributed by atoms with Gasteiger partial charge in [-0.25, -0.2) is 4.79 Å². The SMILES string of the molecule is COc1cccc(-c2ccc3c(C(=O)O)c[nH]c3c2)c1. The highest BCUT2D eigenvalue weighted by atomic mass is 16.5. The van der Waals surface area contributed by atoms with Crippen molar-refractivity contribution in [2.75, 3.05) is 7.11 Å². The zero-order valence-electron chi connectivity index (χ0n) is 10.9. The van der Waals surface area contributed by atoms with E-state index in [0.717, 1.165) is 22.4 Å². The molecule has 3 rings (SSSR count). The summed E-state index contributed by atoms with van der Waals surface area (Å²) in [5.74, 6) is -0.134. The number of H-pyrrole nitrogens is 1. The standard InChI is InChI=1S/C16H13NO3/c1-20-12-4-2-3-10(7-12)11-5-6-13-14(16(18)19)9-17-15(13)8-11/h2-9,17H,1H3,(H,18,19). The van der Waals surface area contributed by atoms with Crippen molar-refractivity contribution >= 4 is 16.9 Å². The molecule has 0 spiro atoms. The molecule has 0 atom stereocenters. The monoisotopic (exact) mass is 267 g/mol. The van der Waals surface area contributed by atoms with Gasteiger partial charge in [0, 0.05) is 17.1 Å². The number of nitrogens with one attached hydrogen (secondary N) is 1. The second kappa shape index (κ2) is 4.74. The van der Waals surface area contributed by atoms with Crippen molar-refractivity contribution in [2.45, 2.75) is 0 Å². The van der Waals surface area contributed by atoms with Crippen LogP contribution in [0.1, 0.15) is 10.4 Å². The summed E-state index contributed by atoms with van der Waals surface area (Å²) in [6.07, 6.45) is 1.52. The van der Waals surface area contributed by atoms with E-state index >= 15 is 0 Å². The van der Waals surface area contributed by atoms with Crippen LogP contribution in [0.3, 0.4) is 0 Å². The second-order valence-corrected chi connectivity index (χ2v) is 4.50. The minimum Gasteiger partial charge on any atom is -0.497 e. The Balaban J connectivity index is 2.11. The fourth-order valence-electron chi connectivity index (χ4n) is 2.29. The average molecular weight is 267 g/mol. The molecule has 0 saturated carbocycles. The normalized spacial score (nSPS) is 10.7. The van der Waals surface area contributed by atoms with E-state index in [-0.39, 0.29) is 5.56 Å². The predicted molar refractivity (Wildman–Crippen MR) is 77.2 cm³/mol. The lowest BCUT2D eigenvalue weighted by Gasteiger charge is -2.05. The second-order valence-electron chi connectivity index (χ2n) is 4.50. The van der Waals surface area contributed by atoms with E-state index in [4.69, 9.17) is 9.84 Å². The number of benzene rings is 2. The molecule has 0 aliphatic rings. The molecule has 0 saturated heterocycles. The van der Waals surface area contributed by atoms with Gasteiger partial charge in [-0.3, -0.25) is 0 Å². The molecular formula is C16H13NO3. The lowest BCUT2D eigenvalue weighted by molar-refractivity contribution is 0.0699. The molecule has 3 aromatic rings. The highest BCUT2D eigenvalue weighted by Gasteiger charge is 2.11. The number of aromatic nitrogens is 1. The van der Waals surface area contributed by atoms with E-state index in [0.29, 0.717) is 5.39 Å². The molecule has 4 nitrogen and oxygen atoms in total. The van der Waals surface area contributed by atoms with E-state index in [9.17, 15) is 4.79 Å². The van der Waals surface area contributed by atoms with Gasteiger partial charge in [0.05, 0.1) is 12.7 Å². The van der Waals surface area contributed by atoms with Crippen LogP contribution in [0.4, 0.5) is 0 Å². The Morgan fingerprint density at radius 3 is 2.70 bits per heavy atom. The molecule has 2 N–H and O–H groups in total. The van der Waals surface area contributed by atoms with Gasteiger partial charge >= 0.3 is 5.97 Å². The molecule has 4 heteroatoms. The van der Waals surface area contributed by atoms with Gasteiger partial charge in [0.2, 0.25) is 0 Å². The molecular weight excluding hydrogens is 254 g/mol. The third-order valence-corrected chi connectivity index (χ3v) is 3.32. The lowest BCUT2D eigenvalue weighted by Crippen LogP contribution is -1.93. The van der Waals surface area contributed by atoms with Crippen molar-refractivity contribution in [3.05, 3.63) is 54.2 Å². The van der Waals surface area contributed by atoms with Crippen LogP contribution in [0, 0.1) is 0 Å². The fourth-order valence-corrected chi connectivity index (χ4v) is 2.29. The van der Waals surface area contributed by atoms with Crippen LogP contribution in [0.15, 0.2) is 48.7 Å². The van der Waals surface area contributed by atoms with E-state index in [1.54, 1.807) is 7.11 Å². The molecule has 2 aromatic carbocycles. The number of carboxylic acids is 1. The van der Waals surface area contributed by atoms with Crippen LogP contribution in [0.25, 0.3) is 22.0 Å². The summed E-state index contributed by atoms with van der Waals surface area (Å²) in [5.41, 5.74) is 3.13. The Bertz CT molecular complexity index is 789. The smallest absolute Gasteiger partial charge is 0.337 e. The van der Waals surface area contributed by atoms with E-state index < -0.39 is 5.97 Å². The third-order valence-electron chi connectivity index (χ3n) is 3.32. The number of carboxylic acid groups (broad SMARTS) is 1. The topological polar surface area (TPSA) is 62.3 Å². The summed E-state index contributed by atoms with van der Waals surface area (Å²) in [6.45, 7) is 0. The van der Waals surface area contributed by atoms with Crippen molar-refractivity contribution < 1.29 is 14.6 Å². The minimum absolute atomic E-state index is 0.289. The summed E-state index contributed by atoms with van der Waals surface area (Å²) in [7, 11) is 1.63. The Kier molecular flexibility index (Phi) is 2.91. The number of ether oxygens (including phenoxy) is 1. The molecule has 1 heterocycles. The van der Waals surface area contributed by atoms with Crippen LogP contribution in [-0.2, 0) is 0 Å². The molecule has 1 aromatic heterocycles. The van der Waals surface area contributed by atoms with Gasteiger partial charge in [-0.1, -0.05) is 24.3 Å². The quantitative estimate of drug-likeness (QED) is 0.763. The first-order valence-electron chi connectivity index (χ1n) is 6.18. The van der Waals surface area contributed by atoms with Crippen LogP contribution < -0.4 is 4.74 Å². The number of carbonyl (C=O) groups is 1. The molecule has 0 amide bonds. The fraction of sp³-hybridized carbons (Fsp3) is 0.0625. The van der Waals surface area contributed by atoms with Crippen molar-refractivity contribution in [1.82, 2.24) is 4.98 Å². The number of hydrogen-bond acceptors (Lipinski definition) is 2. The number of aromatic amines is 1. The van der Waals surface area contributed by atoms with Crippen LogP contribution in [-0.4, -0.2) is 23.2 Å². The van der Waals surface area contributed by atoms with Crippen LogP contribution >= 0.6 is 0 Å². The predicted octanol–water partition coefficient (Wildman–Crippen LogP) is 3.54. The number of fused-ring (bicyclic) bond motifs is 1. The van der Waals surface area contributed by atoms with Crippen LogP contribution in [0.5, 0.6) is 5.75 Å². The summed E-state index contributed by atoms with van der Waals surface area (Å²) in [4.78, 5) is 14.1. The summed E-state index contributed by atoms with van der Waals surface area (Å²) in [6, 6.07) is 13.4. The molecule has 100 valence electrons. The van der Waals surface area contributed by atoms with Crippen molar-refractivity contribution in [3.8, 4) is 16.9 Å². The average Bonchev–Trinajstić information content (AvgIpc) is 2.90. The molecule has 0 fully saturated rings. The highest BCUT2D eigenvalue weighted by Crippen LogP contribution is 2.28. The zero-order chi connectivity index (χ0) is 14.1. The Morgan fingerprint density at radius 1 is 1.15 bits per heavy atom. The summed E-state index contributed by atoms with van der Waals surface area (Å²) >= 11 is 0. The first-order chi connectivity index (χ1) is 9.69. The van der Waals surface area contributed by atoms with E-state index in [1.807, 2.05) is 42.5 Å². The van der Waals surface area contributed by atoms with E-state index in [2.05, 4.69) is 4.98 Å². The van der Waals surface area contributed by atoms with Gasteiger partial charge in [-0.2, -0.15) is 0 Å². The van der Waals surface area contributed by atoms with Crippen molar-refractivity contribution in [3.63, 3.8) is 0 Å². The summed E-state index contributed by atoms with van der Waals surface area (Å²) < 4.78 is 5.21. The maximum absolute atomic E-state index is 11.1. The molecule has 20 heavy (non-hydrogen) atoms. The van der Waals surface area contributed by atoms with Gasteiger partial charge in [0.1, 0.15) is 5.75 Å². The van der Waals surface area contributed by atoms with Crippen molar-refractivity contribution in [1.29, 1.82) is 0 Å². The Labute approximate surface area is 115 Å². The molecule has 0 aliphatic carbocycles. The maximum Gasteiger partial charge on any atom is 0.337 e. The molecule has 0 radical (unpaired) electrons. The largest absolute Gasteiger partial charge is 0.497 e. The lowest BCUT2D eigenvalue weighted by atomic mass is 10.0. The Morgan fingerprint density at radius 2 is 1.95 bits per heavy atom. The van der Waals surface area contributed by atoms with Crippen molar-refractivity contribution in [2.24, 2.45) is 0 Å². The number of aromatic carboxylic acids is 1. The zero-order valence-corrected chi connectivity index (χ0v) is 10.9. The first kappa shape index (κ1) is 12.3. The van der Waals surface area contributed by atoms with Gasteiger partial charge < -0.3 is 14.8 Å². The third kappa shape index (κ3) is 2.01. The van der Waals surface area contributed by atoms with Gasteiger partial charge in [-0.05, 0) is 29.3 Å². The summed E-state index contributed by atoms with van der Waals surface area (Å²) in [5, 5.41) is 9.80. The van der Waals surface area contributed by atoms with Gasteiger partial charge in [0.15, 0.2) is 0 Å². The number of hydrogen-bond donors (Lipinski definition) is 2. The first-order valence-corrected chi connectivity index (χ1v) is 6.18. The van der Waals surface area contributed by atoms with E-state index in [1.165, 1.54) is 6.20 Å². The van der Waals surface area contributed by atoms with Gasteiger partial charge in [0.25, 0.3) is 0 Å². The maximum atomic E-state index is 11.1.